The second-order valence-electron chi connectivity index (χ2n) is 0.238. The number of rotatable bonds is 0. The SMILES string of the molecule is N.N.O.O.O=[N+]([O-])O.[Pt]. The molecule has 9 heteroatoms. The van der Waals surface area contributed by atoms with Crippen LogP contribution in [0.4, 0.5) is 0 Å². The fourth-order valence-electron chi connectivity index (χ4n) is 0. The first kappa shape index (κ1) is 70.0. The molecule has 0 radical (unpaired) electrons. The quantitative estimate of drug-likeness (QED) is 0.352. The van der Waals surface area contributed by atoms with Gasteiger partial charge in [-0.3, -0.25) is 0 Å². The van der Waals surface area contributed by atoms with Crippen LogP contribution in [-0.4, -0.2) is 21.2 Å². The fraction of sp³-hybridized carbons (Fsp3) is 0. The molecule has 0 rings (SSSR count). The summed E-state index contributed by atoms with van der Waals surface area (Å²) in [6.45, 7) is 0. The number of hydrogen-bond acceptors (Lipinski definition) is 4. The Kier molecular flexibility index (Phi) is 366. The van der Waals surface area contributed by atoms with E-state index in [2.05, 4.69) is 0 Å². The summed E-state index contributed by atoms with van der Waals surface area (Å²) in [5.41, 5.74) is 0. The van der Waals surface area contributed by atoms with Crippen molar-refractivity contribution >= 4 is 0 Å². The number of hydrogen-bond donors (Lipinski definition) is 3. The largest absolute Gasteiger partial charge is 0.412 e. The molecule has 9 heavy (non-hydrogen) atoms. The van der Waals surface area contributed by atoms with Gasteiger partial charge in [-0.2, -0.15) is 0 Å². The van der Waals surface area contributed by atoms with Crippen molar-refractivity contribution in [1.29, 1.82) is 0 Å². The van der Waals surface area contributed by atoms with Gasteiger partial charge in [0.2, 0.25) is 0 Å². The van der Waals surface area contributed by atoms with Gasteiger partial charge in [-0.25, -0.2) is 0 Å². The van der Waals surface area contributed by atoms with E-state index in [1.807, 2.05) is 0 Å². The minimum Gasteiger partial charge on any atom is -0.412 e. The average Bonchev–Trinajstić information content (AvgIpc) is 0.811. The molecule has 0 aromatic rings. The van der Waals surface area contributed by atoms with Gasteiger partial charge in [0.15, 0.2) is 0 Å². The van der Waals surface area contributed by atoms with Gasteiger partial charge < -0.3 is 28.5 Å². The Balaban J connectivity index is -0.00000000450. The summed E-state index contributed by atoms with van der Waals surface area (Å²) >= 11 is 0. The Morgan fingerprint density at radius 1 is 1.22 bits per heavy atom. The van der Waals surface area contributed by atoms with Crippen molar-refractivity contribution in [3.63, 3.8) is 0 Å². The van der Waals surface area contributed by atoms with Crippen molar-refractivity contribution in [2.24, 2.45) is 0 Å². The van der Waals surface area contributed by atoms with Crippen molar-refractivity contribution < 1.29 is 42.3 Å². The van der Waals surface area contributed by atoms with E-state index in [9.17, 15) is 0 Å². The molecule has 0 spiro atoms. The van der Waals surface area contributed by atoms with E-state index in [0.29, 0.717) is 0 Å². The Hall–Kier alpha value is -0.272. The zero-order valence-electron chi connectivity index (χ0n) is 4.44. The molecule has 0 aliphatic rings. The summed E-state index contributed by atoms with van der Waals surface area (Å²) in [6, 6.07) is 0. The molecule has 0 atom stereocenters. The topological polar surface area (TPSA) is 196 Å². The van der Waals surface area contributed by atoms with Gasteiger partial charge in [0, 0.05) is 21.1 Å². The Morgan fingerprint density at radius 2 is 1.22 bits per heavy atom. The summed E-state index contributed by atoms with van der Waals surface area (Å²) < 4.78 is 0. The summed E-state index contributed by atoms with van der Waals surface area (Å²) in [4.78, 5) is 8.36. The summed E-state index contributed by atoms with van der Waals surface area (Å²) in [6.07, 6.45) is 0. The van der Waals surface area contributed by atoms with Gasteiger partial charge in [0.25, 0.3) is 5.09 Å². The molecule has 0 unspecified atom stereocenters. The molecule has 0 saturated heterocycles. The Morgan fingerprint density at radius 3 is 1.22 bits per heavy atom. The zero-order valence-corrected chi connectivity index (χ0v) is 6.71. The van der Waals surface area contributed by atoms with Crippen LogP contribution in [0, 0.1) is 10.1 Å². The van der Waals surface area contributed by atoms with Crippen LogP contribution in [0.25, 0.3) is 0 Å². The molecule has 0 heterocycles. The second kappa shape index (κ2) is 47.0. The van der Waals surface area contributed by atoms with Crippen molar-refractivity contribution in [3.8, 4) is 0 Å². The fourth-order valence-corrected chi connectivity index (χ4v) is 0. The van der Waals surface area contributed by atoms with Crippen molar-refractivity contribution in [3.05, 3.63) is 10.1 Å². The number of nitrogens with zero attached hydrogens (tertiary/aromatic N) is 1. The molecule has 0 fully saturated rings. The van der Waals surface area contributed by atoms with E-state index in [-0.39, 0.29) is 44.3 Å². The summed E-state index contributed by atoms with van der Waals surface area (Å²) in [7, 11) is 0. The molecule has 0 bridgehead atoms. The first-order valence-electron chi connectivity index (χ1n) is 0.565. The van der Waals surface area contributed by atoms with E-state index in [4.69, 9.17) is 15.3 Å². The van der Waals surface area contributed by atoms with E-state index >= 15 is 0 Å². The minimum absolute atomic E-state index is 0. The van der Waals surface area contributed by atoms with Crippen LogP contribution in [0.3, 0.4) is 0 Å². The molecule has 0 aromatic heterocycles. The molecular weight excluding hydrogens is 317 g/mol. The van der Waals surface area contributed by atoms with Crippen LogP contribution in [0.5, 0.6) is 0 Å². The second-order valence-corrected chi connectivity index (χ2v) is 0.238. The van der Waals surface area contributed by atoms with Crippen LogP contribution >= 0.6 is 0 Å². The smallest absolute Gasteiger partial charge is 0.291 e. The third kappa shape index (κ3) is 3440. The first-order valence-corrected chi connectivity index (χ1v) is 0.565. The van der Waals surface area contributed by atoms with Crippen molar-refractivity contribution in [2.75, 3.05) is 0 Å². The predicted molar refractivity (Wildman–Crippen MR) is 26.1 cm³/mol. The Bertz CT molecular complexity index is 35.2. The van der Waals surface area contributed by atoms with Gasteiger partial charge in [0.05, 0.1) is 0 Å². The predicted octanol–water partition coefficient (Wildman–Crippen LogP) is -1.68. The maximum atomic E-state index is 8.36. The van der Waals surface area contributed by atoms with Crippen molar-refractivity contribution in [2.45, 2.75) is 0 Å². The Labute approximate surface area is 65.4 Å². The zero-order chi connectivity index (χ0) is 3.58. The van der Waals surface area contributed by atoms with E-state index in [0.717, 1.165) is 0 Å². The molecule has 8 nitrogen and oxygen atoms in total. The van der Waals surface area contributed by atoms with E-state index < -0.39 is 5.09 Å². The third-order valence-electron chi connectivity index (χ3n) is 0. The van der Waals surface area contributed by atoms with Crippen LogP contribution in [0.1, 0.15) is 0 Å². The molecule has 0 aromatic carbocycles. The average molecular weight is 328 g/mol. The summed E-state index contributed by atoms with van der Waals surface area (Å²) in [5.74, 6) is 0. The third-order valence-corrected chi connectivity index (χ3v) is 0. The van der Waals surface area contributed by atoms with Crippen LogP contribution < -0.4 is 12.3 Å². The molecule has 11 N–H and O–H groups in total. The van der Waals surface area contributed by atoms with Gasteiger partial charge in [-0.15, -0.1) is 10.1 Å². The standard InChI is InChI=1S/HNO3.2H3N.2H2O.Pt/c2-1(3)4;;;;;/h(H,2,3,4);2*1H3;2*1H2;. The van der Waals surface area contributed by atoms with E-state index in [1.165, 1.54) is 0 Å². The van der Waals surface area contributed by atoms with Gasteiger partial charge in [0.1, 0.15) is 0 Å². The normalized spacial score (nSPS) is 2.67. The monoisotopic (exact) mass is 328 g/mol. The maximum absolute atomic E-state index is 8.36. The van der Waals surface area contributed by atoms with Gasteiger partial charge >= 0.3 is 0 Å². The van der Waals surface area contributed by atoms with Crippen LogP contribution in [0.2, 0.25) is 0 Å². The molecule has 0 aliphatic heterocycles. The molecule has 66 valence electrons. The molecular formula is H11N3O5Pt. The molecule has 0 aliphatic carbocycles. The van der Waals surface area contributed by atoms with Gasteiger partial charge in [-0.1, -0.05) is 0 Å². The van der Waals surface area contributed by atoms with Crippen molar-refractivity contribution in [1.82, 2.24) is 12.3 Å². The molecule has 0 saturated carbocycles. The van der Waals surface area contributed by atoms with Crippen LogP contribution in [0.15, 0.2) is 0 Å². The summed E-state index contributed by atoms with van der Waals surface area (Å²) in [5, 5.41) is 13.6. The molecule has 0 amide bonds. The van der Waals surface area contributed by atoms with Crippen LogP contribution in [-0.2, 0) is 21.1 Å². The maximum Gasteiger partial charge on any atom is 0.291 e. The van der Waals surface area contributed by atoms with Gasteiger partial charge in [-0.05, 0) is 0 Å². The minimum atomic E-state index is -1.50. The van der Waals surface area contributed by atoms with E-state index in [1.54, 1.807) is 0 Å². The first-order chi connectivity index (χ1) is 1.73.